The molecule has 0 aliphatic carbocycles. The zero-order chi connectivity index (χ0) is 28.6. The zero-order valence-corrected chi connectivity index (χ0v) is 22.9. The van der Waals surface area contributed by atoms with Crippen LogP contribution in [-0.4, -0.2) is 43.9 Å². The minimum atomic E-state index is -0.565. The van der Waals surface area contributed by atoms with Crippen LogP contribution in [-0.2, 0) is 22.6 Å². The van der Waals surface area contributed by atoms with E-state index >= 15 is 0 Å². The number of H-pyrrole nitrogens is 1. The molecule has 0 aliphatic rings. The summed E-state index contributed by atoms with van der Waals surface area (Å²) >= 11 is 1.30. The first kappa shape index (κ1) is 27.5. The third kappa shape index (κ3) is 6.94. The second kappa shape index (κ2) is 12.9. The third-order valence-corrected chi connectivity index (χ3v) is 6.85. The van der Waals surface area contributed by atoms with Gasteiger partial charge >= 0.3 is 6.09 Å². The number of rotatable bonds is 11. The second-order valence-electron chi connectivity index (χ2n) is 9.00. The number of thiophene rings is 1. The minimum Gasteiger partial charge on any atom is -0.444 e. The summed E-state index contributed by atoms with van der Waals surface area (Å²) in [5.74, 6) is 0.842. The maximum absolute atomic E-state index is 13.1. The highest BCUT2D eigenvalue weighted by atomic mass is 32.1. The van der Waals surface area contributed by atoms with Crippen LogP contribution in [0.15, 0.2) is 75.4 Å². The van der Waals surface area contributed by atoms with Crippen molar-refractivity contribution in [1.82, 2.24) is 25.3 Å². The van der Waals surface area contributed by atoms with Gasteiger partial charge in [-0.15, -0.1) is 11.3 Å². The lowest BCUT2D eigenvalue weighted by Gasteiger charge is -2.23. The number of hydrogen-bond donors (Lipinski definition) is 3. The molecule has 0 bridgehead atoms. The van der Waals surface area contributed by atoms with Crippen LogP contribution in [0.4, 0.5) is 15.6 Å². The van der Waals surface area contributed by atoms with Gasteiger partial charge in [-0.1, -0.05) is 60.6 Å². The van der Waals surface area contributed by atoms with E-state index in [2.05, 4.69) is 31.1 Å². The molecular weight excluding hydrogens is 546 g/mol. The van der Waals surface area contributed by atoms with Crippen LogP contribution in [0.1, 0.15) is 31.2 Å². The van der Waals surface area contributed by atoms with Gasteiger partial charge < -0.3 is 9.26 Å². The number of ether oxygens (including phenoxy) is 1. The maximum Gasteiger partial charge on any atom is 0.412 e. The van der Waals surface area contributed by atoms with Gasteiger partial charge in [0.25, 0.3) is 5.56 Å². The van der Waals surface area contributed by atoms with E-state index < -0.39 is 6.09 Å². The Kier molecular flexibility index (Phi) is 8.64. The Morgan fingerprint density at radius 3 is 2.68 bits per heavy atom. The number of aromatic amines is 1. The number of nitrogens with one attached hydrogen (secondary N) is 3. The molecule has 0 fully saturated rings. The summed E-state index contributed by atoms with van der Waals surface area (Å²) in [7, 11) is 0. The topological polar surface area (TPSA) is 155 Å². The highest BCUT2D eigenvalue weighted by Gasteiger charge is 2.18. The first-order valence-corrected chi connectivity index (χ1v) is 13.8. The van der Waals surface area contributed by atoms with Crippen molar-refractivity contribution < 1.29 is 18.8 Å². The summed E-state index contributed by atoms with van der Waals surface area (Å²) in [5.41, 5.74) is 4.30. The predicted octanol–water partition coefficient (Wildman–Crippen LogP) is 4.98. The highest BCUT2D eigenvalue weighted by Crippen LogP contribution is 2.27. The molecule has 3 N–H and O–H groups in total. The average Bonchev–Trinajstić information content (AvgIpc) is 3.66. The zero-order valence-electron chi connectivity index (χ0n) is 22.1. The number of benzene rings is 2. The Balaban J connectivity index is 1.16. The molecule has 0 spiro atoms. The van der Waals surface area contributed by atoms with E-state index in [0.29, 0.717) is 51.8 Å². The normalized spacial score (nSPS) is 10.9. The molecule has 5 rings (SSSR count). The number of carbonyl (C=O) groups excluding carboxylic acids is 2. The molecule has 2 aromatic carbocycles. The fraction of sp³-hybridized carbons (Fsp3) is 0.214. The number of nitrogens with zero attached hydrogens (tertiary/aromatic N) is 4. The fourth-order valence-electron chi connectivity index (χ4n) is 4.00. The number of carbonyl (C=O) groups is 2. The first-order valence-electron chi connectivity index (χ1n) is 12.9. The molecule has 210 valence electrons. The largest absolute Gasteiger partial charge is 0.444 e. The van der Waals surface area contributed by atoms with Gasteiger partial charge in [0.15, 0.2) is 5.82 Å². The minimum absolute atomic E-state index is 0.111. The van der Waals surface area contributed by atoms with Crippen molar-refractivity contribution in [2.24, 2.45) is 0 Å². The summed E-state index contributed by atoms with van der Waals surface area (Å²) in [6.07, 6.45) is 0.484. The van der Waals surface area contributed by atoms with E-state index in [-0.39, 0.29) is 30.9 Å². The summed E-state index contributed by atoms with van der Waals surface area (Å²) in [4.78, 5) is 41.7. The third-order valence-electron chi connectivity index (χ3n) is 6.00. The average molecular weight is 574 g/mol. The molecule has 0 unspecified atom stereocenters. The number of anilines is 2. The Morgan fingerprint density at radius 2 is 1.88 bits per heavy atom. The smallest absolute Gasteiger partial charge is 0.412 e. The van der Waals surface area contributed by atoms with Crippen molar-refractivity contribution >= 4 is 44.9 Å². The molecule has 3 aromatic heterocycles. The van der Waals surface area contributed by atoms with Gasteiger partial charge in [0.1, 0.15) is 6.61 Å². The van der Waals surface area contributed by atoms with Gasteiger partial charge in [0, 0.05) is 35.7 Å². The molecule has 0 atom stereocenters. The van der Waals surface area contributed by atoms with E-state index in [1.165, 1.54) is 16.3 Å². The lowest BCUT2D eigenvalue weighted by molar-refractivity contribution is -0.130. The number of amides is 2. The molecule has 2 amide bonds. The molecule has 3 heterocycles. The van der Waals surface area contributed by atoms with Crippen LogP contribution >= 0.6 is 11.3 Å². The fourth-order valence-corrected chi connectivity index (χ4v) is 4.76. The molecule has 5 aromatic rings. The van der Waals surface area contributed by atoms with Crippen molar-refractivity contribution in [3.8, 4) is 11.4 Å². The number of hydrogen-bond acceptors (Lipinski definition) is 10. The molecule has 0 radical (unpaired) electrons. The predicted molar refractivity (Wildman–Crippen MR) is 154 cm³/mol. The van der Waals surface area contributed by atoms with E-state index in [1.54, 1.807) is 35.7 Å². The Bertz CT molecular complexity index is 1700. The Hall–Kier alpha value is -5.04. The van der Waals surface area contributed by atoms with Gasteiger partial charge in [0.2, 0.25) is 17.6 Å². The van der Waals surface area contributed by atoms with Gasteiger partial charge in [-0.25, -0.2) is 9.89 Å². The number of aromatic nitrogens is 4. The van der Waals surface area contributed by atoms with E-state index in [9.17, 15) is 14.4 Å². The van der Waals surface area contributed by atoms with E-state index in [1.807, 2.05) is 37.3 Å². The van der Waals surface area contributed by atoms with E-state index in [0.717, 1.165) is 5.56 Å². The molecule has 41 heavy (non-hydrogen) atoms. The number of aryl methyl sites for hydroxylation is 1. The van der Waals surface area contributed by atoms with Crippen molar-refractivity contribution in [2.45, 2.75) is 32.8 Å². The lowest BCUT2D eigenvalue weighted by atomic mass is 10.2. The number of fused-ring (bicyclic) bond motifs is 1. The maximum atomic E-state index is 13.1. The second-order valence-corrected chi connectivity index (χ2v) is 9.91. The highest BCUT2D eigenvalue weighted by molar-refractivity contribution is 7.14. The monoisotopic (exact) mass is 573 g/mol. The van der Waals surface area contributed by atoms with Crippen molar-refractivity contribution in [3.05, 3.63) is 87.9 Å². The Morgan fingerprint density at radius 1 is 1.10 bits per heavy atom. The Labute approximate surface area is 238 Å². The van der Waals surface area contributed by atoms with Gasteiger partial charge in [-0.05, 0) is 24.1 Å². The van der Waals surface area contributed by atoms with Crippen LogP contribution in [0.5, 0.6) is 0 Å². The van der Waals surface area contributed by atoms with Crippen molar-refractivity contribution in [1.29, 1.82) is 0 Å². The first-order chi connectivity index (χ1) is 20.0. The van der Waals surface area contributed by atoms with E-state index in [4.69, 9.17) is 9.26 Å². The molecule has 0 saturated heterocycles. The molecule has 0 aliphatic heterocycles. The molecule has 0 saturated carbocycles. The summed E-state index contributed by atoms with van der Waals surface area (Å²) in [6.45, 7) is 2.56. The summed E-state index contributed by atoms with van der Waals surface area (Å²) in [6, 6.07) is 18.2. The summed E-state index contributed by atoms with van der Waals surface area (Å²) in [5, 5.41) is 18.2. The van der Waals surface area contributed by atoms with Gasteiger partial charge in [0.05, 0.1) is 10.4 Å². The molecular formula is C28H27N7O5S. The van der Waals surface area contributed by atoms with Crippen LogP contribution < -0.4 is 16.3 Å². The van der Waals surface area contributed by atoms with Crippen molar-refractivity contribution in [2.75, 3.05) is 17.3 Å². The number of hydrazine groups is 1. The van der Waals surface area contributed by atoms with Crippen molar-refractivity contribution in [3.63, 3.8) is 0 Å². The SMILES string of the molecule is CCCN(Nc1n[nH]c(=O)c2ccccc12)C(=O)CCc1nc(-c2csc(NC(=O)OCc3ccccc3)c2)no1. The van der Waals surface area contributed by atoms with Crippen LogP contribution in [0.25, 0.3) is 22.2 Å². The van der Waals surface area contributed by atoms with Crippen LogP contribution in [0.2, 0.25) is 0 Å². The van der Waals surface area contributed by atoms with Gasteiger partial charge in [-0.3, -0.25) is 25.3 Å². The lowest BCUT2D eigenvalue weighted by Crippen LogP contribution is -2.37. The molecule has 12 nitrogen and oxygen atoms in total. The summed E-state index contributed by atoms with van der Waals surface area (Å²) < 4.78 is 10.6. The van der Waals surface area contributed by atoms with Crippen LogP contribution in [0, 0.1) is 0 Å². The standard InChI is InChI=1S/C28H27N7O5S/c1-2-14-35(33-26-20-10-6-7-11-21(20)27(37)32-31-26)24(36)13-12-22-29-25(34-40-22)19-15-23(41-17-19)30-28(38)39-16-18-8-4-3-5-9-18/h3-11,15,17H,2,12-14,16H2,1H3,(H,30,38)(H,31,33)(H,32,37). The molecule has 13 heteroatoms. The quantitative estimate of drug-likeness (QED) is 0.185. The van der Waals surface area contributed by atoms with Crippen LogP contribution in [0.3, 0.4) is 0 Å². The van der Waals surface area contributed by atoms with Gasteiger partial charge in [-0.2, -0.15) is 10.1 Å².